The fourth-order valence-corrected chi connectivity index (χ4v) is 7.61. The van der Waals surface area contributed by atoms with Gasteiger partial charge in [0.2, 0.25) is 0 Å². The van der Waals surface area contributed by atoms with E-state index in [9.17, 15) is 0 Å². The highest BCUT2D eigenvalue weighted by molar-refractivity contribution is 7.18. The van der Waals surface area contributed by atoms with Crippen molar-refractivity contribution in [2.24, 2.45) is 0 Å². The van der Waals surface area contributed by atoms with Gasteiger partial charge < -0.3 is 0 Å². The lowest BCUT2D eigenvalue weighted by atomic mass is 9.92. The third kappa shape index (κ3) is 4.40. The van der Waals surface area contributed by atoms with Crippen LogP contribution in [0.4, 0.5) is 0 Å². The fourth-order valence-electron chi connectivity index (χ4n) is 6.57. The van der Waals surface area contributed by atoms with E-state index in [4.69, 9.17) is 4.98 Å². The molecule has 0 spiro atoms. The van der Waals surface area contributed by atoms with Crippen LogP contribution < -0.4 is 0 Å². The van der Waals surface area contributed by atoms with Crippen LogP contribution in [0.25, 0.3) is 86.6 Å². The lowest BCUT2D eigenvalue weighted by Crippen LogP contribution is -1.91. The van der Waals surface area contributed by atoms with E-state index < -0.39 is 0 Å². The van der Waals surface area contributed by atoms with Gasteiger partial charge in [0.25, 0.3) is 0 Å². The molecule has 0 unspecified atom stereocenters. The third-order valence-electron chi connectivity index (χ3n) is 8.75. The van der Waals surface area contributed by atoms with Crippen LogP contribution in [0, 0.1) is 0 Å². The van der Waals surface area contributed by atoms with Crippen molar-refractivity contribution in [3.05, 3.63) is 158 Å². The molecule has 9 rings (SSSR count). The normalized spacial score (nSPS) is 11.6. The summed E-state index contributed by atoms with van der Waals surface area (Å²) in [6.45, 7) is 0. The molecule has 45 heavy (non-hydrogen) atoms. The summed E-state index contributed by atoms with van der Waals surface area (Å²) < 4.78 is 0. The molecule has 0 aliphatic rings. The minimum Gasteiger partial charge on any atom is -0.254 e. The Kier molecular flexibility index (Phi) is 6.03. The second-order valence-corrected chi connectivity index (χ2v) is 12.5. The number of rotatable bonds is 4. The van der Waals surface area contributed by atoms with Gasteiger partial charge in [-0.2, -0.15) is 0 Å². The number of hydrogen-bond donors (Lipinski definition) is 0. The molecule has 0 atom stereocenters. The molecule has 0 bridgehead atoms. The maximum atomic E-state index is 5.16. The summed E-state index contributed by atoms with van der Waals surface area (Å²) in [6.07, 6.45) is 1.84. The van der Waals surface area contributed by atoms with Crippen LogP contribution in [0.15, 0.2) is 158 Å². The molecule has 0 fully saturated rings. The molecule has 210 valence electrons. The number of aromatic nitrogens is 2. The molecule has 6 aromatic carbocycles. The van der Waals surface area contributed by atoms with E-state index in [1.54, 1.807) is 0 Å². The van der Waals surface area contributed by atoms with Gasteiger partial charge in [-0.15, -0.1) is 11.3 Å². The average Bonchev–Trinajstić information content (AvgIpc) is 3.61. The summed E-state index contributed by atoms with van der Waals surface area (Å²) in [4.78, 5) is 12.4. The molecule has 0 radical (unpaired) electrons. The quantitative estimate of drug-likeness (QED) is 0.191. The van der Waals surface area contributed by atoms with Crippen LogP contribution in [0.3, 0.4) is 0 Å². The molecule has 0 aliphatic heterocycles. The predicted molar refractivity (Wildman–Crippen MR) is 192 cm³/mol. The summed E-state index contributed by atoms with van der Waals surface area (Å²) in [5.41, 5.74) is 8.89. The summed E-state index contributed by atoms with van der Waals surface area (Å²) in [6, 6.07) is 54.4. The zero-order valence-corrected chi connectivity index (χ0v) is 25.1. The number of thiophene rings is 1. The maximum absolute atomic E-state index is 5.16. The minimum absolute atomic E-state index is 0.935. The Morgan fingerprint density at radius 1 is 0.400 bits per heavy atom. The van der Waals surface area contributed by atoms with Crippen LogP contribution in [-0.4, -0.2) is 9.97 Å². The molecule has 3 heterocycles. The lowest BCUT2D eigenvalue weighted by Gasteiger charge is -2.13. The molecule has 0 aliphatic carbocycles. The zero-order chi connectivity index (χ0) is 29.7. The van der Waals surface area contributed by atoms with Gasteiger partial charge in [-0.05, 0) is 74.1 Å². The van der Waals surface area contributed by atoms with E-state index in [-0.39, 0.29) is 0 Å². The van der Waals surface area contributed by atoms with Gasteiger partial charge in [0, 0.05) is 32.3 Å². The third-order valence-corrected chi connectivity index (χ3v) is 9.92. The molecule has 0 N–H and O–H groups in total. The first kappa shape index (κ1) is 25.8. The zero-order valence-electron chi connectivity index (χ0n) is 24.3. The Hall–Kier alpha value is -5.64. The Balaban J connectivity index is 1.13. The van der Waals surface area contributed by atoms with Crippen molar-refractivity contribution < 1.29 is 0 Å². The molecule has 9 aromatic rings. The summed E-state index contributed by atoms with van der Waals surface area (Å²) in [5, 5.41) is 7.16. The van der Waals surface area contributed by atoms with Crippen LogP contribution in [-0.2, 0) is 0 Å². The first-order valence-corrected chi connectivity index (χ1v) is 16.0. The van der Waals surface area contributed by atoms with E-state index in [0.29, 0.717) is 0 Å². The van der Waals surface area contributed by atoms with E-state index in [2.05, 4.69) is 151 Å². The second-order valence-electron chi connectivity index (χ2n) is 11.4. The molecule has 0 saturated heterocycles. The monoisotopic (exact) mass is 590 g/mol. The van der Waals surface area contributed by atoms with Crippen LogP contribution in [0.2, 0.25) is 0 Å². The Labute approximate surface area is 264 Å². The highest BCUT2D eigenvalue weighted by atomic mass is 32.1. The van der Waals surface area contributed by atoms with Crippen molar-refractivity contribution in [3.8, 4) is 43.3 Å². The van der Waals surface area contributed by atoms with Crippen molar-refractivity contribution in [2.75, 3.05) is 0 Å². The van der Waals surface area contributed by atoms with Gasteiger partial charge in [0.15, 0.2) is 0 Å². The predicted octanol–water partition coefficient (Wildman–Crippen LogP) is 11.8. The summed E-state index contributed by atoms with van der Waals surface area (Å²) in [7, 11) is 0. The molecule has 0 saturated carbocycles. The Morgan fingerprint density at radius 3 is 1.98 bits per heavy atom. The van der Waals surface area contributed by atoms with Crippen molar-refractivity contribution in [2.45, 2.75) is 0 Å². The van der Waals surface area contributed by atoms with Gasteiger partial charge >= 0.3 is 0 Å². The van der Waals surface area contributed by atoms with Crippen LogP contribution in [0.5, 0.6) is 0 Å². The second kappa shape index (κ2) is 10.5. The van der Waals surface area contributed by atoms with Crippen molar-refractivity contribution in [1.29, 1.82) is 0 Å². The standard InChI is InChI=1S/C42H26N2S/c1-2-13-32-27(8-1)9-6-16-37(32)40-24-23-39(45-40)31-11-5-10-30(26-31)33-20-21-36(35-15-4-3-14-34(33)35)38-22-19-29-18-17-28-12-7-25-43-41(28)42(29)44-38/h1-26H. The topological polar surface area (TPSA) is 25.8 Å². The van der Waals surface area contributed by atoms with Gasteiger partial charge in [-0.25, -0.2) is 4.98 Å². The molecular formula is C42H26N2S. The first-order chi connectivity index (χ1) is 22.3. The fraction of sp³-hybridized carbons (Fsp3) is 0. The number of pyridine rings is 2. The Bertz CT molecular complexity index is 2560. The SMILES string of the molecule is c1cc(-c2ccc(-c3cccc4ccccc34)s2)cc(-c2ccc(-c3ccc4ccc5cccnc5c4n3)c3ccccc23)c1. The lowest BCUT2D eigenvalue weighted by molar-refractivity contribution is 1.37. The number of hydrogen-bond acceptors (Lipinski definition) is 3. The van der Waals surface area contributed by atoms with Crippen molar-refractivity contribution in [3.63, 3.8) is 0 Å². The van der Waals surface area contributed by atoms with Gasteiger partial charge in [-0.1, -0.05) is 121 Å². The van der Waals surface area contributed by atoms with Gasteiger partial charge in [-0.3, -0.25) is 4.98 Å². The average molecular weight is 591 g/mol. The largest absolute Gasteiger partial charge is 0.254 e. The van der Waals surface area contributed by atoms with E-state index in [1.807, 2.05) is 23.6 Å². The molecule has 3 heteroatoms. The van der Waals surface area contributed by atoms with Crippen LogP contribution >= 0.6 is 11.3 Å². The first-order valence-electron chi connectivity index (χ1n) is 15.2. The number of nitrogens with zero attached hydrogens (tertiary/aromatic N) is 2. The van der Waals surface area contributed by atoms with E-state index in [1.165, 1.54) is 53.6 Å². The smallest absolute Gasteiger partial charge is 0.0972 e. The number of benzene rings is 6. The maximum Gasteiger partial charge on any atom is 0.0972 e. The molecular weight excluding hydrogens is 565 g/mol. The Morgan fingerprint density at radius 2 is 1.07 bits per heavy atom. The minimum atomic E-state index is 0.935. The van der Waals surface area contributed by atoms with Crippen molar-refractivity contribution in [1.82, 2.24) is 9.97 Å². The summed E-state index contributed by atoms with van der Waals surface area (Å²) in [5.74, 6) is 0. The van der Waals surface area contributed by atoms with Crippen LogP contribution in [0.1, 0.15) is 0 Å². The summed E-state index contributed by atoms with van der Waals surface area (Å²) >= 11 is 1.85. The molecule has 3 aromatic heterocycles. The van der Waals surface area contributed by atoms with E-state index >= 15 is 0 Å². The van der Waals surface area contributed by atoms with Gasteiger partial charge in [0.05, 0.1) is 16.7 Å². The van der Waals surface area contributed by atoms with Gasteiger partial charge in [0.1, 0.15) is 0 Å². The number of fused-ring (bicyclic) bond motifs is 5. The highest BCUT2D eigenvalue weighted by Gasteiger charge is 2.14. The van der Waals surface area contributed by atoms with E-state index in [0.717, 1.165) is 33.1 Å². The highest BCUT2D eigenvalue weighted by Crippen LogP contribution is 2.40. The van der Waals surface area contributed by atoms with Crippen molar-refractivity contribution >= 4 is 54.7 Å². The molecule has 2 nitrogen and oxygen atoms in total. The molecule has 0 amide bonds.